The number of thiazole rings is 1. The van der Waals surface area contributed by atoms with E-state index < -0.39 is 0 Å². The van der Waals surface area contributed by atoms with Crippen molar-refractivity contribution in [2.75, 3.05) is 29.5 Å². The molecule has 1 fully saturated rings. The zero-order chi connectivity index (χ0) is 9.10. The van der Waals surface area contributed by atoms with Crippen molar-refractivity contribution in [3.05, 3.63) is 11.1 Å². The molecule has 1 aliphatic rings. The molecular formula is C8H13N3S2. The van der Waals surface area contributed by atoms with Gasteiger partial charge in [0.15, 0.2) is 5.13 Å². The molecule has 0 amide bonds. The maximum absolute atomic E-state index is 5.54. The standard InChI is InChI=1S/C8H13N3S2/c9-5-7-6-10-8(13-7)11-1-3-12-4-2-11/h6H,1-5,9H2. The smallest absolute Gasteiger partial charge is 0.185 e. The fourth-order valence-electron chi connectivity index (χ4n) is 1.29. The minimum atomic E-state index is 0.611. The van der Waals surface area contributed by atoms with Crippen molar-refractivity contribution in [3.8, 4) is 0 Å². The molecule has 72 valence electrons. The van der Waals surface area contributed by atoms with Gasteiger partial charge in [-0.2, -0.15) is 11.8 Å². The molecule has 0 bridgehead atoms. The molecule has 13 heavy (non-hydrogen) atoms. The van der Waals surface area contributed by atoms with Gasteiger partial charge in [0.2, 0.25) is 0 Å². The molecule has 0 aliphatic carbocycles. The molecule has 0 unspecified atom stereocenters. The van der Waals surface area contributed by atoms with Crippen molar-refractivity contribution in [1.82, 2.24) is 4.98 Å². The zero-order valence-electron chi connectivity index (χ0n) is 7.40. The molecule has 0 spiro atoms. The predicted octanol–water partition coefficient (Wildman–Crippen LogP) is 1.16. The van der Waals surface area contributed by atoms with Crippen LogP contribution in [0.5, 0.6) is 0 Å². The largest absolute Gasteiger partial charge is 0.346 e. The number of nitrogens with two attached hydrogens (primary N) is 1. The van der Waals surface area contributed by atoms with Crippen LogP contribution in [0, 0.1) is 0 Å². The van der Waals surface area contributed by atoms with E-state index in [2.05, 4.69) is 9.88 Å². The lowest BCUT2D eigenvalue weighted by Gasteiger charge is -2.25. The number of rotatable bonds is 2. The monoisotopic (exact) mass is 215 g/mol. The summed E-state index contributed by atoms with van der Waals surface area (Å²) in [7, 11) is 0. The molecule has 1 aliphatic heterocycles. The topological polar surface area (TPSA) is 42.1 Å². The van der Waals surface area contributed by atoms with Crippen molar-refractivity contribution in [1.29, 1.82) is 0 Å². The van der Waals surface area contributed by atoms with Crippen molar-refractivity contribution < 1.29 is 0 Å². The lowest BCUT2D eigenvalue weighted by molar-refractivity contribution is 0.852. The highest BCUT2D eigenvalue weighted by Gasteiger charge is 2.13. The lowest BCUT2D eigenvalue weighted by Crippen LogP contribution is -2.32. The van der Waals surface area contributed by atoms with E-state index in [0.717, 1.165) is 18.2 Å². The van der Waals surface area contributed by atoms with Crippen LogP contribution in [-0.4, -0.2) is 29.6 Å². The van der Waals surface area contributed by atoms with Crippen LogP contribution < -0.4 is 10.6 Å². The van der Waals surface area contributed by atoms with E-state index in [1.807, 2.05) is 18.0 Å². The summed E-state index contributed by atoms with van der Waals surface area (Å²) in [6.45, 7) is 2.87. The van der Waals surface area contributed by atoms with Gasteiger partial charge in [-0.05, 0) is 0 Å². The van der Waals surface area contributed by atoms with E-state index in [1.54, 1.807) is 11.3 Å². The number of thioether (sulfide) groups is 1. The first-order chi connectivity index (χ1) is 6.40. The molecule has 0 atom stereocenters. The average Bonchev–Trinajstić information content (AvgIpc) is 2.67. The number of hydrogen-bond donors (Lipinski definition) is 1. The fourth-order valence-corrected chi connectivity index (χ4v) is 3.04. The summed E-state index contributed by atoms with van der Waals surface area (Å²) in [4.78, 5) is 7.89. The molecule has 3 nitrogen and oxygen atoms in total. The van der Waals surface area contributed by atoms with Crippen molar-refractivity contribution in [2.24, 2.45) is 5.73 Å². The van der Waals surface area contributed by atoms with E-state index >= 15 is 0 Å². The van der Waals surface area contributed by atoms with Gasteiger partial charge in [0.25, 0.3) is 0 Å². The number of nitrogens with zero attached hydrogens (tertiary/aromatic N) is 2. The highest BCUT2D eigenvalue weighted by Crippen LogP contribution is 2.24. The molecule has 0 aromatic carbocycles. The third kappa shape index (κ3) is 2.15. The minimum absolute atomic E-state index is 0.611. The summed E-state index contributed by atoms with van der Waals surface area (Å²) < 4.78 is 0. The first kappa shape index (κ1) is 9.30. The van der Waals surface area contributed by atoms with Crippen LogP contribution in [0.4, 0.5) is 5.13 Å². The highest BCUT2D eigenvalue weighted by atomic mass is 32.2. The molecule has 0 saturated carbocycles. The molecular weight excluding hydrogens is 202 g/mol. The van der Waals surface area contributed by atoms with Crippen LogP contribution in [0.15, 0.2) is 6.20 Å². The van der Waals surface area contributed by atoms with Gasteiger partial charge in [0, 0.05) is 42.2 Å². The van der Waals surface area contributed by atoms with Gasteiger partial charge in [0.1, 0.15) is 0 Å². The first-order valence-electron chi connectivity index (χ1n) is 4.37. The van der Waals surface area contributed by atoms with Gasteiger partial charge in [-0.15, -0.1) is 11.3 Å². The molecule has 1 saturated heterocycles. The second-order valence-corrected chi connectivity index (χ2v) is 5.23. The lowest BCUT2D eigenvalue weighted by atomic mass is 10.5. The molecule has 0 radical (unpaired) electrons. The van der Waals surface area contributed by atoms with Crippen LogP contribution in [0.25, 0.3) is 0 Å². The highest BCUT2D eigenvalue weighted by molar-refractivity contribution is 7.99. The van der Waals surface area contributed by atoms with Crippen LogP contribution in [0.3, 0.4) is 0 Å². The summed E-state index contributed by atoms with van der Waals surface area (Å²) in [5.41, 5.74) is 5.54. The van der Waals surface area contributed by atoms with E-state index in [-0.39, 0.29) is 0 Å². The normalized spacial score (nSPS) is 17.8. The summed E-state index contributed by atoms with van der Waals surface area (Å²) in [6, 6.07) is 0. The summed E-state index contributed by atoms with van der Waals surface area (Å²) in [6.07, 6.45) is 1.89. The Morgan fingerprint density at radius 3 is 2.85 bits per heavy atom. The molecule has 1 aromatic heterocycles. The Balaban J connectivity index is 2.05. The second-order valence-electron chi connectivity index (χ2n) is 2.91. The van der Waals surface area contributed by atoms with Gasteiger partial charge in [-0.25, -0.2) is 4.98 Å². The third-order valence-corrected chi connectivity index (χ3v) is 4.05. The van der Waals surface area contributed by atoms with E-state index in [1.165, 1.54) is 16.4 Å². The quantitative estimate of drug-likeness (QED) is 0.804. The molecule has 5 heteroatoms. The van der Waals surface area contributed by atoms with E-state index in [4.69, 9.17) is 5.73 Å². The number of aromatic nitrogens is 1. The van der Waals surface area contributed by atoms with E-state index in [0.29, 0.717) is 6.54 Å². The Morgan fingerprint density at radius 2 is 2.23 bits per heavy atom. The van der Waals surface area contributed by atoms with E-state index in [9.17, 15) is 0 Å². The Hall–Kier alpha value is -0.260. The molecule has 2 N–H and O–H groups in total. The van der Waals surface area contributed by atoms with Crippen LogP contribution in [-0.2, 0) is 6.54 Å². The minimum Gasteiger partial charge on any atom is -0.346 e. The molecule has 2 heterocycles. The van der Waals surface area contributed by atoms with Crippen LogP contribution in [0.2, 0.25) is 0 Å². The summed E-state index contributed by atoms with van der Waals surface area (Å²) >= 11 is 3.74. The SMILES string of the molecule is NCc1cnc(N2CCSCC2)s1. The summed E-state index contributed by atoms with van der Waals surface area (Å²) in [5, 5.41) is 1.14. The average molecular weight is 215 g/mol. The molecule has 2 rings (SSSR count). The van der Waals surface area contributed by atoms with Gasteiger partial charge in [0.05, 0.1) is 0 Å². The number of hydrogen-bond acceptors (Lipinski definition) is 5. The van der Waals surface area contributed by atoms with Crippen molar-refractivity contribution in [2.45, 2.75) is 6.54 Å². The first-order valence-corrected chi connectivity index (χ1v) is 6.35. The molecule has 1 aromatic rings. The van der Waals surface area contributed by atoms with Gasteiger partial charge >= 0.3 is 0 Å². The zero-order valence-corrected chi connectivity index (χ0v) is 9.03. The Morgan fingerprint density at radius 1 is 1.46 bits per heavy atom. The Bertz CT molecular complexity index is 268. The van der Waals surface area contributed by atoms with Gasteiger partial charge in [-0.3, -0.25) is 0 Å². The number of anilines is 1. The van der Waals surface area contributed by atoms with Gasteiger partial charge < -0.3 is 10.6 Å². The second kappa shape index (κ2) is 4.30. The summed E-state index contributed by atoms with van der Waals surface area (Å²) in [5.74, 6) is 2.44. The maximum Gasteiger partial charge on any atom is 0.185 e. The predicted molar refractivity (Wildman–Crippen MR) is 59.5 cm³/mol. The van der Waals surface area contributed by atoms with Gasteiger partial charge in [-0.1, -0.05) is 0 Å². The van der Waals surface area contributed by atoms with Crippen LogP contribution >= 0.6 is 23.1 Å². The fraction of sp³-hybridized carbons (Fsp3) is 0.625. The van der Waals surface area contributed by atoms with Crippen molar-refractivity contribution >= 4 is 28.2 Å². The maximum atomic E-state index is 5.54. The Labute approximate surface area is 86.3 Å². The third-order valence-electron chi connectivity index (χ3n) is 2.02. The van der Waals surface area contributed by atoms with Crippen LogP contribution in [0.1, 0.15) is 4.88 Å². The Kier molecular flexibility index (Phi) is 3.08. The van der Waals surface area contributed by atoms with Crippen molar-refractivity contribution in [3.63, 3.8) is 0 Å².